The molecule has 140 valence electrons. The Hall–Kier alpha value is -4.26. The van der Waals surface area contributed by atoms with Gasteiger partial charge in [-0.2, -0.15) is 10.4 Å². The van der Waals surface area contributed by atoms with Gasteiger partial charge >= 0.3 is 0 Å². The zero-order chi connectivity index (χ0) is 19.9. The number of aromatic amines is 1. The highest BCUT2D eigenvalue weighted by Crippen LogP contribution is 2.13. The Morgan fingerprint density at radius 1 is 1.14 bits per heavy atom. The number of nitriles is 1. The summed E-state index contributed by atoms with van der Waals surface area (Å²) in [5, 5.41) is 23.5. The van der Waals surface area contributed by atoms with E-state index in [4.69, 9.17) is 5.26 Å². The Bertz CT molecular complexity index is 1010. The first-order valence-corrected chi connectivity index (χ1v) is 8.26. The SMILES string of the molecule is CC(NC(=O)c1[nH]ncc1NC(=O)c1ccccn1)Nc1ccc(C#N)cn1. The van der Waals surface area contributed by atoms with Gasteiger partial charge in [0.15, 0.2) is 0 Å². The molecule has 0 spiro atoms. The molecular formula is C18H16N8O2. The molecule has 0 radical (unpaired) electrons. The Balaban J connectivity index is 1.62. The van der Waals surface area contributed by atoms with Gasteiger partial charge in [0.05, 0.1) is 23.6 Å². The van der Waals surface area contributed by atoms with Gasteiger partial charge in [-0.25, -0.2) is 4.98 Å². The van der Waals surface area contributed by atoms with Crippen LogP contribution in [0.3, 0.4) is 0 Å². The molecule has 3 aromatic rings. The van der Waals surface area contributed by atoms with Crippen molar-refractivity contribution in [3.63, 3.8) is 0 Å². The second-order valence-corrected chi connectivity index (χ2v) is 5.71. The molecule has 0 aromatic carbocycles. The minimum Gasteiger partial charge on any atom is -0.350 e. The highest BCUT2D eigenvalue weighted by atomic mass is 16.2. The molecule has 28 heavy (non-hydrogen) atoms. The highest BCUT2D eigenvalue weighted by Gasteiger charge is 2.18. The van der Waals surface area contributed by atoms with Gasteiger partial charge in [-0.15, -0.1) is 0 Å². The van der Waals surface area contributed by atoms with E-state index in [1.165, 1.54) is 18.6 Å². The maximum Gasteiger partial charge on any atom is 0.274 e. The van der Waals surface area contributed by atoms with Crippen LogP contribution in [0.1, 0.15) is 33.5 Å². The monoisotopic (exact) mass is 376 g/mol. The number of carbonyl (C=O) groups is 2. The molecule has 0 aliphatic heterocycles. The van der Waals surface area contributed by atoms with Crippen molar-refractivity contribution in [1.82, 2.24) is 25.5 Å². The smallest absolute Gasteiger partial charge is 0.274 e. The van der Waals surface area contributed by atoms with E-state index in [1.807, 2.05) is 6.07 Å². The fourth-order valence-corrected chi connectivity index (χ4v) is 2.31. The molecule has 0 saturated carbocycles. The minimum absolute atomic E-state index is 0.103. The Morgan fingerprint density at radius 3 is 2.68 bits per heavy atom. The molecule has 10 nitrogen and oxygen atoms in total. The van der Waals surface area contributed by atoms with Gasteiger partial charge in [-0.3, -0.25) is 19.7 Å². The minimum atomic E-state index is -0.476. The van der Waals surface area contributed by atoms with Gasteiger partial charge in [0.25, 0.3) is 11.8 Å². The Kier molecular flexibility index (Phi) is 5.57. The second kappa shape index (κ2) is 8.41. The van der Waals surface area contributed by atoms with E-state index in [9.17, 15) is 9.59 Å². The van der Waals surface area contributed by atoms with Crippen molar-refractivity contribution in [1.29, 1.82) is 5.26 Å². The third kappa shape index (κ3) is 4.47. The van der Waals surface area contributed by atoms with Gasteiger partial charge < -0.3 is 16.0 Å². The average Bonchev–Trinajstić information content (AvgIpc) is 3.17. The summed E-state index contributed by atoms with van der Waals surface area (Å²) in [4.78, 5) is 32.7. The van der Waals surface area contributed by atoms with Crippen molar-refractivity contribution in [2.24, 2.45) is 0 Å². The average molecular weight is 376 g/mol. The number of rotatable bonds is 6. The summed E-state index contributed by atoms with van der Waals surface area (Å²) in [5.41, 5.74) is 0.993. The number of carbonyl (C=O) groups excluding carboxylic acids is 2. The van der Waals surface area contributed by atoms with Gasteiger partial charge in [0.1, 0.15) is 23.3 Å². The molecule has 4 N–H and O–H groups in total. The first kappa shape index (κ1) is 18.5. The summed E-state index contributed by atoms with van der Waals surface area (Å²) in [6, 6.07) is 10.2. The Labute approximate surface area is 160 Å². The van der Waals surface area contributed by atoms with Crippen LogP contribution >= 0.6 is 0 Å². The van der Waals surface area contributed by atoms with Crippen molar-refractivity contribution in [3.05, 3.63) is 65.9 Å². The number of amides is 2. The molecule has 3 aromatic heterocycles. The maximum atomic E-state index is 12.5. The number of hydrogen-bond donors (Lipinski definition) is 4. The zero-order valence-electron chi connectivity index (χ0n) is 14.8. The van der Waals surface area contributed by atoms with Crippen LogP contribution in [-0.4, -0.2) is 38.1 Å². The number of pyridine rings is 2. The summed E-state index contributed by atoms with van der Waals surface area (Å²) in [7, 11) is 0. The lowest BCUT2D eigenvalue weighted by Gasteiger charge is -2.16. The van der Waals surface area contributed by atoms with E-state index in [2.05, 4.69) is 36.1 Å². The molecule has 0 bridgehead atoms. The van der Waals surface area contributed by atoms with E-state index in [-0.39, 0.29) is 17.1 Å². The lowest BCUT2D eigenvalue weighted by Crippen LogP contribution is -2.38. The van der Waals surface area contributed by atoms with E-state index in [1.54, 1.807) is 37.3 Å². The number of nitrogens with zero attached hydrogens (tertiary/aromatic N) is 4. The molecule has 1 atom stereocenters. The fourth-order valence-electron chi connectivity index (χ4n) is 2.31. The maximum absolute atomic E-state index is 12.5. The molecule has 0 aliphatic carbocycles. The third-order valence-electron chi connectivity index (χ3n) is 3.62. The topological polar surface area (TPSA) is 148 Å². The quantitative estimate of drug-likeness (QED) is 0.476. The van der Waals surface area contributed by atoms with Gasteiger partial charge in [-0.05, 0) is 31.2 Å². The van der Waals surface area contributed by atoms with Crippen molar-refractivity contribution >= 4 is 23.3 Å². The van der Waals surface area contributed by atoms with Crippen LogP contribution in [0.5, 0.6) is 0 Å². The zero-order valence-corrected chi connectivity index (χ0v) is 14.8. The molecule has 3 rings (SSSR count). The molecule has 0 saturated heterocycles. The number of aromatic nitrogens is 4. The molecule has 0 aliphatic rings. The standard InChI is InChI=1S/C18H16N8O2/c1-11(23-15-6-5-12(8-19)9-21-15)24-18(28)16-14(10-22-26-16)25-17(27)13-4-2-3-7-20-13/h2-7,9-11H,1H3,(H,21,23)(H,22,26)(H,24,28)(H,25,27). The van der Waals surface area contributed by atoms with E-state index < -0.39 is 18.0 Å². The molecule has 10 heteroatoms. The first-order chi connectivity index (χ1) is 13.6. The predicted octanol–water partition coefficient (Wildman–Crippen LogP) is 1.51. The van der Waals surface area contributed by atoms with Gasteiger partial charge in [0, 0.05) is 12.4 Å². The summed E-state index contributed by atoms with van der Waals surface area (Å²) in [6.45, 7) is 1.72. The first-order valence-electron chi connectivity index (χ1n) is 8.26. The summed E-state index contributed by atoms with van der Waals surface area (Å²) >= 11 is 0. The normalized spacial score (nSPS) is 11.1. The lowest BCUT2D eigenvalue weighted by molar-refractivity contribution is 0.0940. The number of H-pyrrole nitrogens is 1. The molecule has 0 fully saturated rings. The van der Waals surface area contributed by atoms with E-state index in [0.717, 1.165) is 0 Å². The molecule has 3 heterocycles. The van der Waals surface area contributed by atoms with Crippen LogP contribution in [0.2, 0.25) is 0 Å². The van der Waals surface area contributed by atoms with E-state index in [0.29, 0.717) is 11.4 Å². The summed E-state index contributed by atoms with van der Waals surface area (Å²) in [6.07, 6.45) is 3.80. The fraction of sp³-hybridized carbons (Fsp3) is 0.111. The van der Waals surface area contributed by atoms with Crippen molar-refractivity contribution in [2.45, 2.75) is 13.1 Å². The van der Waals surface area contributed by atoms with E-state index >= 15 is 0 Å². The lowest BCUT2D eigenvalue weighted by atomic mass is 10.3. The van der Waals surface area contributed by atoms with Crippen LogP contribution in [0, 0.1) is 11.3 Å². The molecule has 2 amide bonds. The summed E-state index contributed by atoms with van der Waals surface area (Å²) in [5.74, 6) is -0.424. The predicted molar refractivity (Wildman–Crippen MR) is 100 cm³/mol. The van der Waals surface area contributed by atoms with Crippen molar-refractivity contribution in [2.75, 3.05) is 10.6 Å². The largest absolute Gasteiger partial charge is 0.350 e. The van der Waals surface area contributed by atoms with Gasteiger partial charge in [0.2, 0.25) is 0 Å². The molecule has 1 unspecified atom stereocenters. The number of nitrogens with one attached hydrogen (secondary N) is 4. The van der Waals surface area contributed by atoms with Crippen LogP contribution < -0.4 is 16.0 Å². The highest BCUT2D eigenvalue weighted by molar-refractivity contribution is 6.07. The Morgan fingerprint density at radius 2 is 2.00 bits per heavy atom. The molecular weight excluding hydrogens is 360 g/mol. The van der Waals surface area contributed by atoms with Crippen LogP contribution in [0.25, 0.3) is 0 Å². The van der Waals surface area contributed by atoms with Gasteiger partial charge in [-0.1, -0.05) is 6.07 Å². The number of hydrogen-bond acceptors (Lipinski definition) is 7. The number of anilines is 2. The van der Waals surface area contributed by atoms with Crippen LogP contribution in [0.4, 0.5) is 11.5 Å². The summed E-state index contributed by atoms with van der Waals surface area (Å²) < 4.78 is 0. The van der Waals surface area contributed by atoms with Crippen molar-refractivity contribution < 1.29 is 9.59 Å². The van der Waals surface area contributed by atoms with Crippen LogP contribution in [0.15, 0.2) is 48.9 Å². The third-order valence-corrected chi connectivity index (χ3v) is 3.62. The second-order valence-electron chi connectivity index (χ2n) is 5.71. The van der Waals surface area contributed by atoms with Crippen LogP contribution in [-0.2, 0) is 0 Å². The van der Waals surface area contributed by atoms with Crippen molar-refractivity contribution in [3.8, 4) is 6.07 Å².